The van der Waals surface area contributed by atoms with Gasteiger partial charge in [-0.2, -0.15) is 0 Å². The van der Waals surface area contributed by atoms with Crippen molar-refractivity contribution in [1.82, 2.24) is 4.31 Å². The van der Waals surface area contributed by atoms with Crippen LogP contribution < -0.4 is 5.73 Å². The van der Waals surface area contributed by atoms with Gasteiger partial charge < -0.3 is 5.73 Å². The molecule has 0 aromatic rings. The second kappa shape index (κ2) is 3.67. The molecule has 0 aromatic carbocycles. The van der Waals surface area contributed by atoms with Crippen LogP contribution in [-0.4, -0.2) is 33.4 Å². The predicted octanol–water partition coefficient (Wildman–Crippen LogP) is 0.339. The second-order valence-corrected chi connectivity index (χ2v) is 5.86. The topological polar surface area (TPSA) is 46.3 Å². The Morgan fingerprint density at radius 1 is 1.46 bits per heavy atom. The largest absolute Gasteiger partial charge is 0.327 e. The van der Waals surface area contributed by atoms with Crippen molar-refractivity contribution in [2.45, 2.75) is 25.8 Å². The summed E-state index contributed by atoms with van der Waals surface area (Å²) in [6.45, 7) is 3.95. The molecule has 76 valence electrons. The van der Waals surface area contributed by atoms with Gasteiger partial charge in [0.2, 0.25) is 0 Å². The van der Waals surface area contributed by atoms with Crippen molar-refractivity contribution in [1.29, 1.82) is 0 Å². The third-order valence-corrected chi connectivity index (χ3v) is 4.78. The zero-order valence-electron chi connectivity index (χ0n) is 8.11. The standard InChI is InChI=1S/C9H18N2OS/c1-2-13(12)11-5-7-3-4-9(10)8(7)6-11/h7-9H,2-6,10H2,1H3. The molecule has 2 aliphatic rings. The minimum atomic E-state index is -0.749. The Kier molecular flexibility index (Phi) is 2.72. The fourth-order valence-electron chi connectivity index (χ4n) is 2.62. The van der Waals surface area contributed by atoms with E-state index in [1.54, 1.807) is 0 Å². The zero-order valence-corrected chi connectivity index (χ0v) is 8.93. The van der Waals surface area contributed by atoms with Crippen LogP contribution in [-0.2, 0) is 11.0 Å². The van der Waals surface area contributed by atoms with E-state index in [9.17, 15) is 4.21 Å². The van der Waals surface area contributed by atoms with Gasteiger partial charge in [0.25, 0.3) is 0 Å². The summed E-state index contributed by atoms with van der Waals surface area (Å²) in [6.07, 6.45) is 2.41. The zero-order chi connectivity index (χ0) is 9.42. The van der Waals surface area contributed by atoms with Gasteiger partial charge in [-0.25, -0.2) is 8.51 Å². The van der Waals surface area contributed by atoms with Gasteiger partial charge >= 0.3 is 0 Å². The average molecular weight is 202 g/mol. The molecule has 4 atom stereocenters. The minimum absolute atomic E-state index is 0.365. The highest BCUT2D eigenvalue weighted by Crippen LogP contribution is 2.37. The normalized spacial score (nSPS) is 42.2. The fraction of sp³-hybridized carbons (Fsp3) is 1.00. The predicted molar refractivity (Wildman–Crippen MR) is 54.4 cm³/mol. The summed E-state index contributed by atoms with van der Waals surface area (Å²) in [7, 11) is -0.749. The smallest absolute Gasteiger partial charge is 0.0939 e. The summed E-state index contributed by atoms with van der Waals surface area (Å²) < 4.78 is 13.7. The molecule has 0 bridgehead atoms. The molecule has 1 heterocycles. The van der Waals surface area contributed by atoms with E-state index in [0.717, 1.165) is 24.8 Å². The van der Waals surface area contributed by atoms with Crippen molar-refractivity contribution >= 4 is 11.0 Å². The molecule has 0 spiro atoms. The van der Waals surface area contributed by atoms with Crippen molar-refractivity contribution in [3.05, 3.63) is 0 Å². The van der Waals surface area contributed by atoms with Crippen LogP contribution in [0.3, 0.4) is 0 Å². The molecule has 1 saturated heterocycles. The van der Waals surface area contributed by atoms with Crippen LogP contribution in [0.15, 0.2) is 0 Å². The number of rotatable bonds is 2. The van der Waals surface area contributed by atoms with Crippen molar-refractivity contribution < 1.29 is 4.21 Å². The van der Waals surface area contributed by atoms with Crippen molar-refractivity contribution in [3.63, 3.8) is 0 Å². The van der Waals surface area contributed by atoms with Gasteiger partial charge in [-0.15, -0.1) is 0 Å². The Bertz CT molecular complexity index is 222. The molecule has 3 nitrogen and oxygen atoms in total. The fourth-order valence-corrected chi connectivity index (χ4v) is 3.68. The van der Waals surface area contributed by atoms with Gasteiger partial charge in [0, 0.05) is 24.9 Å². The number of nitrogens with two attached hydrogens (primary N) is 1. The van der Waals surface area contributed by atoms with Gasteiger partial charge in [-0.1, -0.05) is 6.92 Å². The van der Waals surface area contributed by atoms with Gasteiger partial charge in [0.15, 0.2) is 0 Å². The maximum atomic E-state index is 11.5. The minimum Gasteiger partial charge on any atom is -0.327 e. The molecular formula is C9H18N2OS. The Morgan fingerprint density at radius 2 is 2.23 bits per heavy atom. The second-order valence-electron chi connectivity index (χ2n) is 4.12. The molecule has 4 heteroatoms. The lowest BCUT2D eigenvalue weighted by atomic mass is 9.98. The first-order chi connectivity index (χ1) is 6.22. The molecule has 2 N–H and O–H groups in total. The summed E-state index contributed by atoms with van der Waals surface area (Å²) in [4.78, 5) is 0. The third kappa shape index (κ3) is 1.67. The summed E-state index contributed by atoms with van der Waals surface area (Å²) >= 11 is 0. The van der Waals surface area contributed by atoms with Crippen molar-refractivity contribution in [2.75, 3.05) is 18.8 Å². The molecule has 13 heavy (non-hydrogen) atoms. The summed E-state index contributed by atoms with van der Waals surface area (Å²) in [6, 6.07) is 0.365. The number of fused-ring (bicyclic) bond motifs is 1. The number of hydrogen-bond donors (Lipinski definition) is 1. The first kappa shape index (κ1) is 9.62. The van der Waals surface area contributed by atoms with Gasteiger partial charge in [-0.3, -0.25) is 0 Å². The van der Waals surface area contributed by atoms with E-state index < -0.39 is 11.0 Å². The SMILES string of the molecule is CCS(=O)N1CC2CCC(N)C2C1. The van der Waals surface area contributed by atoms with E-state index in [1.165, 1.54) is 12.8 Å². The van der Waals surface area contributed by atoms with Crippen LogP contribution in [0.1, 0.15) is 19.8 Å². The van der Waals surface area contributed by atoms with Crippen LogP contribution in [0.5, 0.6) is 0 Å². The van der Waals surface area contributed by atoms with E-state index >= 15 is 0 Å². The molecule has 1 aliphatic heterocycles. The Morgan fingerprint density at radius 3 is 2.85 bits per heavy atom. The monoisotopic (exact) mass is 202 g/mol. The molecular weight excluding hydrogens is 184 g/mol. The van der Waals surface area contributed by atoms with E-state index in [4.69, 9.17) is 5.73 Å². The molecule has 0 aromatic heterocycles. The van der Waals surface area contributed by atoms with Crippen LogP contribution in [0, 0.1) is 11.8 Å². The molecule has 1 aliphatic carbocycles. The summed E-state index contributed by atoms with van der Waals surface area (Å²) in [5, 5.41) is 0. The molecule has 2 fully saturated rings. The molecule has 2 rings (SSSR count). The first-order valence-corrected chi connectivity index (χ1v) is 6.39. The maximum absolute atomic E-state index is 11.5. The molecule has 0 radical (unpaired) electrons. The summed E-state index contributed by atoms with van der Waals surface area (Å²) in [5.74, 6) is 2.09. The number of hydrogen-bond acceptors (Lipinski definition) is 2. The van der Waals surface area contributed by atoms with Crippen LogP contribution >= 0.6 is 0 Å². The Labute approximate surface area is 82.3 Å². The van der Waals surface area contributed by atoms with Gasteiger partial charge in [0.05, 0.1) is 11.0 Å². The van der Waals surface area contributed by atoms with E-state index in [2.05, 4.69) is 4.31 Å². The van der Waals surface area contributed by atoms with Crippen LogP contribution in [0.4, 0.5) is 0 Å². The highest BCUT2D eigenvalue weighted by Gasteiger charge is 2.42. The molecule has 1 saturated carbocycles. The van der Waals surface area contributed by atoms with Gasteiger partial charge in [0.1, 0.15) is 0 Å². The molecule has 0 amide bonds. The highest BCUT2D eigenvalue weighted by molar-refractivity contribution is 7.82. The highest BCUT2D eigenvalue weighted by atomic mass is 32.2. The lowest BCUT2D eigenvalue weighted by molar-refractivity contribution is 0.442. The maximum Gasteiger partial charge on any atom is 0.0939 e. The van der Waals surface area contributed by atoms with E-state index in [1.807, 2.05) is 6.92 Å². The van der Waals surface area contributed by atoms with Crippen LogP contribution in [0.2, 0.25) is 0 Å². The Balaban J connectivity index is 1.98. The van der Waals surface area contributed by atoms with E-state index in [0.29, 0.717) is 12.0 Å². The Hall–Kier alpha value is 0.0700. The lowest BCUT2D eigenvalue weighted by Gasteiger charge is -2.16. The quantitative estimate of drug-likeness (QED) is 0.702. The van der Waals surface area contributed by atoms with Crippen molar-refractivity contribution in [3.8, 4) is 0 Å². The van der Waals surface area contributed by atoms with Crippen molar-refractivity contribution in [2.24, 2.45) is 17.6 Å². The van der Waals surface area contributed by atoms with E-state index in [-0.39, 0.29) is 0 Å². The first-order valence-electron chi connectivity index (χ1n) is 5.11. The summed E-state index contributed by atoms with van der Waals surface area (Å²) in [5.41, 5.74) is 6.00. The average Bonchev–Trinajstić information content (AvgIpc) is 2.67. The number of nitrogens with zero attached hydrogens (tertiary/aromatic N) is 1. The third-order valence-electron chi connectivity index (χ3n) is 3.41. The van der Waals surface area contributed by atoms with Crippen LogP contribution in [0.25, 0.3) is 0 Å². The lowest BCUT2D eigenvalue weighted by Crippen LogP contribution is -2.31. The molecule has 4 unspecified atom stereocenters. The van der Waals surface area contributed by atoms with Gasteiger partial charge in [-0.05, 0) is 24.7 Å².